The molecule has 0 unspecified atom stereocenters. The Morgan fingerprint density at radius 2 is 1.91 bits per heavy atom. The van der Waals surface area contributed by atoms with Crippen LogP contribution >= 0.6 is 0 Å². The molecule has 1 aliphatic rings. The van der Waals surface area contributed by atoms with Gasteiger partial charge in [-0.1, -0.05) is 13.0 Å². The zero-order chi connectivity index (χ0) is 16.8. The van der Waals surface area contributed by atoms with E-state index >= 15 is 0 Å². The van der Waals surface area contributed by atoms with E-state index in [9.17, 15) is 19.8 Å². The molecule has 0 bridgehead atoms. The Hall–Kier alpha value is -2.44. The lowest BCUT2D eigenvalue weighted by molar-refractivity contribution is -0.149. The third-order valence-corrected chi connectivity index (χ3v) is 3.94. The van der Waals surface area contributed by atoms with Crippen LogP contribution in [0.25, 0.3) is 0 Å². The second kappa shape index (κ2) is 7.71. The minimum absolute atomic E-state index is 0.0292. The predicted molar refractivity (Wildman–Crippen MR) is 80.8 cm³/mol. The van der Waals surface area contributed by atoms with Crippen LogP contribution in [-0.4, -0.2) is 28.4 Å². The summed E-state index contributed by atoms with van der Waals surface area (Å²) in [4.78, 5) is 26.9. The third kappa shape index (κ3) is 4.77. The average molecular weight is 323 g/mol. The summed E-state index contributed by atoms with van der Waals surface area (Å²) in [6.45, 7) is 1.62. The minimum Gasteiger partial charge on any atom is -0.508 e. The summed E-state index contributed by atoms with van der Waals surface area (Å²) >= 11 is 0. The Bertz CT molecular complexity index is 566. The molecule has 0 heterocycles. The summed E-state index contributed by atoms with van der Waals surface area (Å²) in [6.07, 6.45) is 1.96. The molecule has 0 radical (unpaired) electrons. The van der Waals surface area contributed by atoms with Crippen LogP contribution < -0.4 is 5.48 Å². The van der Waals surface area contributed by atoms with Crippen molar-refractivity contribution in [3.05, 3.63) is 23.8 Å². The molecule has 0 atom stereocenters. The van der Waals surface area contributed by atoms with Crippen LogP contribution in [0.3, 0.4) is 0 Å². The average Bonchev–Trinajstić information content (AvgIpc) is 2.53. The third-order valence-electron chi connectivity index (χ3n) is 3.94. The maximum absolute atomic E-state index is 11.5. The molecule has 1 fully saturated rings. The number of nitrogens with one attached hydrogen (secondary N) is 1. The Morgan fingerprint density at radius 3 is 2.52 bits per heavy atom. The van der Waals surface area contributed by atoms with Gasteiger partial charge in [0.15, 0.2) is 0 Å². The van der Waals surface area contributed by atoms with Crippen molar-refractivity contribution in [2.45, 2.75) is 51.0 Å². The van der Waals surface area contributed by atoms with E-state index in [0.717, 1.165) is 18.4 Å². The summed E-state index contributed by atoms with van der Waals surface area (Å²) in [5.74, 6) is -0.259. The molecule has 0 saturated heterocycles. The molecule has 7 nitrogen and oxygen atoms in total. The van der Waals surface area contributed by atoms with E-state index in [0.29, 0.717) is 12.8 Å². The molecule has 1 aliphatic carbocycles. The van der Waals surface area contributed by atoms with E-state index in [2.05, 4.69) is 4.84 Å². The van der Waals surface area contributed by atoms with E-state index in [4.69, 9.17) is 4.74 Å². The van der Waals surface area contributed by atoms with Crippen LogP contribution in [-0.2, 0) is 14.4 Å². The number of carbonyl (C=O) groups is 2. The quantitative estimate of drug-likeness (QED) is 0.739. The van der Waals surface area contributed by atoms with Crippen molar-refractivity contribution in [2.24, 2.45) is 0 Å². The zero-order valence-electron chi connectivity index (χ0n) is 12.9. The summed E-state index contributed by atoms with van der Waals surface area (Å²) in [5.41, 5.74) is 2.75. The first-order valence-electron chi connectivity index (χ1n) is 7.67. The molecule has 0 aromatic heterocycles. The van der Waals surface area contributed by atoms with Gasteiger partial charge in [0.05, 0.1) is 0 Å². The summed E-state index contributed by atoms with van der Waals surface area (Å²) in [7, 11) is 0. The Balaban J connectivity index is 1.79. The van der Waals surface area contributed by atoms with Crippen molar-refractivity contribution in [1.29, 1.82) is 0 Å². The van der Waals surface area contributed by atoms with Gasteiger partial charge >= 0.3 is 12.1 Å². The molecule has 23 heavy (non-hydrogen) atoms. The number of hydroxylamine groups is 1. The summed E-state index contributed by atoms with van der Waals surface area (Å²) < 4.78 is 5.19. The molecule has 3 N–H and O–H groups in total. The fourth-order valence-electron chi connectivity index (χ4n) is 2.72. The molecule has 1 amide bonds. The highest BCUT2D eigenvalue weighted by molar-refractivity contribution is 5.72. The second-order valence-corrected chi connectivity index (χ2v) is 5.55. The first kappa shape index (κ1) is 16.9. The number of carbonyl (C=O) groups excluding carboxylic acids is 2. The number of aromatic hydroxyl groups is 2. The molecule has 126 valence electrons. The van der Waals surface area contributed by atoms with Gasteiger partial charge in [-0.25, -0.2) is 9.59 Å². The van der Waals surface area contributed by atoms with Gasteiger partial charge in [0.25, 0.3) is 0 Å². The smallest absolute Gasteiger partial charge is 0.440 e. The van der Waals surface area contributed by atoms with Crippen LogP contribution in [0.2, 0.25) is 0 Å². The predicted octanol–water partition coefficient (Wildman–Crippen LogP) is 2.72. The monoisotopic (exact) mass is 323 g/mol. The Kier molecular flexibility index (Phi) is 5.67. The van der Waals surface area contributed by atoms with Crippen LogP contribution in [0.4, 0.5) is 4.79 Å². The fourth-order valence-corrected chi connectivity index (χ4v) is 2.72. The topological polar surface area (TPSA) is 105 Å². The number of benzene rings is 1. The van der Waals surface area contributed by atoms with Gasteiger partial charge in [-0.05, 0) is 43.2 Å². The van der Waals surface area contributed by atoms with Gasteiger partial charge in [-0.15, -0.1) is 5.48 Å². The Labute approximate surface area is 134 Å². The van der Waals surface area contributed by atoms with Crippen molar-refractivity contribution in [2.75, 3.05) is 0 Å². The first-order chi connectivity index (χ1) is 11.0. The standard InChI is InChI=1S/C16H21NO6/c1-2-15(20)23-17-16(21)22-12-6-3-10(4-7-12)13-8-5-11(18)9-14(13)19/h5,8-10,12,18-19H,2-4,6-7H2,1H3,(H,17,21). The van der Waals surface area contributed by atoms with Gasteiger partial charge in [-0.3, -0.25) is 0 Å². The van der Waals surface area contributed by atoms with Crippen LogP contribution in [0.15, 0.2) is 18.2 Å². The molecule has 1 aromatic rings. The Morgan fingerprint density at radius 1 is 1.22 bits per heavy atom. The normalized spacial score (nSPS) is 20.6. The summed E-state index contributed by atoms with van der Waals surface area (Å²) in [5, 5.41) is 19.2. The van der Waals surface area contributed by atoms with Crippen molar-refractivity contribution in [3.63, 3.8) is 0 Å². The van der Waals surface area contributed by atoms with E-state index in [-0.39, 0.29) is 29.9 Å². The highest BCUT2D eigenvalue weighted by Crippen LogP contribution is 2.39. The number of rotatable bonds is 3. The minimum atomic E-state index is -0.775. The molecular formula is C16H21NO6. The molecule has 1 saturated carbocycles. The lowest BCUT2D eigenvalue weighted by Crippen LogP contribution is -2.32. The van der Waals surface area contributed by atoms with Crippen molar-refractivity contribution >= 4 is 12.1 Å². The van der Waals surface area contributed by atoms with Crippen LogP contribution in [0.5, 0.6) is 11.5 Å². The summed E-state index contributed by atoms with van der Waals surface area (Å²) in [6, 6.07) is 4.59. The number of hydrogen-bond donors (Lipinski definition) is 3. The van der Waals surface area contributed by atoms with E-state index < -0.39 is 12.1 Å². The van der Waals surface area contributed by atoms with Gasteiger partial charge in [0, 0.05) is 12.5 Å². The van der Waals surface area contributed by atoms with E-state index in [1.807, 2.05) is 5.48 Å². The highest BCUT2D eigenvalue weighted by atomic mass is 16.7. The van der Waals surface area contributed by atoms with Crippen LogP contribution in [0, 0.1) is 0 Å². The number of phenols is 2. The number of ether oxygens (including phenoxy) is 1. The van der Waals surface area contributed by atoms with Crippen molar-refractivity contribution in [1.82, 2.24) is 5.48 Å². The van der Waals surface area contributed by atoms with Gasteiger partial charge in [0.2, 0.25) is 0 Å². The number of phenolic OH excluding ortho intramolecular Hbond substituents is 2. The SMILES string of the molecule is CCC(=O)ONC(=O)OC1CCC(c2ccc(O)cc2O)CC1. The molecule has 2 rings (SSSR count). The highest BCUT2D eigenvalue weighted by Gasteiger charge is 2.26. The van der Waals surface area contributed by atoms with Gasteiger partial charge < -0.3 is 19.8 Å². The first-order valence-corrected chi connectivity index (χ1v) is 7.67. The maximum atomic E-state index is 11.5. The van der Waals surface area contributed by atoms with Crippen LogP contribution in [0.1, 0.15) is 50.5 Å². The van der Waals surface area contributed by atoms with Crippen molar-refractivity contribution in [3.8, 4) is 11.5 Å². The fraction of sp³-hybridized carbons (Fsp3) is 0.500. The van der Waals surface area contributed by atoms with Gasteiger partial charge in [-0.2, -0.15) is 0 Å². The lowest BCUT2D eigenvalue weighted by Gasteiger charge is -2.28. The second-order valence-electron chi connectivity index (χ2n) is 5.55. The van der Waals surface area contributed by atoms with E-state index in [1.54, 1.807) is 19.1 Å². The largest absolute Gasteiger partial charge is 0.508 e. The number of amides is 1. The lowest BCUT2D eigenvalue weighted by atomic mass is 9.82. The molecule has 0 aliphatic heterocycles. The molecule has 1 aromatic carbocycles. The molecule has 7 heteroatoms. The zero-order valence-corrected chi connectivity index (χ0v) is 12.9. The molecular weight excluding hydrogens is 302 g/mol. The van der Waals surface area contributed by atoms with Gasteiger partial charge in [0.1, 0.15) is 17.6 Å². The van der Waals surface area contributed by atoms with E-state index in [1.165, 1.54) is 6.07 Å². The molecule has 0 spiro atoms. The van der Waals surface area contributed by atoms with Crippen molar-refractivity contribution < 1.29 is 29.4 Å². The number of hydrogen-bond acceptors (Lipinski definition) is 6. The maximum Gasteiger partial charge on any atom is 0.440 e.